The number of thioether (sulfide) groups is 1. The summed E-state index contributed by atoms with van der Waals surface area (Å²) in [7, 11) is 1.93. The third-order valence-corrected chi connectivity index (χ3v) is 5.22. The number of hydrogen-bond donors (Lipinski definition) is 2. The molecular weight excluding hydrogens is 348 g/mol. The summed E-state index contributed by atoms with van der Waals surface area (Å²) in [5, 5.41) is 6.72. The maximum Gasteiger partial charge on any atom is 0.251 e. The summed E-state index contributed by atoms with van der Waals surface area (Å²) in [4.78, 5) is 28.9. The molecule has 2 N–H and O–H groups in total. The molecule has 140 valence electrons. The molecule has 0 aliphatic rings. The number of nitrogens with one attached hydrogen (secondary N) is 2. The lowest BCUT2D eigenvalue weighted by atomic mass is 10.1. The highest BCUT2D eigenvalue weighted by atomic mass is 32.2. The van der Waals surface area contributed by atoms with Crippen molar-refractivity contribution in [2.75, 3.05) is 11.6 Å². The van der Waals surface area contributed by atoms with Crippen LogP contribution in [0.5, 0.6) is 0 Å². The largest absolute Gasteiger partial charge is 0.346 e. The molecule has 1 aromatic carbocycles. The highest BCUT2D eigenvalue weighted by molar-refractivity contribution is 7.98. The molecule has 0 spiro atoms. The summed E-state index contributed by atoms with van der Waals surface area (Å²) in [5.41, 5.74) is 3.05. The topological polar surface area (TPSA) is 76.0 Å². The highest BCUT2D eigenvalue weighted by Gasteiger charge is 2.14. The number of carbonyl (C=O) groups is 2. The maximum absolute atomic E-state index is 12.5. The van der Waals surface area contributed by atoms with E-state index in [0.29, 0.717) is 17.8 Å². The van der Waals surface area contributed by atoms with Crippen LogP contribution in [0, 0.1) is 12.8 Å². The predicted octanol–water partition coefficient (Wildman–Crippen LogP) is 3.37. The molecule has 2 amide bonds. The Bertz CT molecular complexity index is 801. The Morgan fingerprint density at radius 2 is 2.08 bits per heavy atom. The Hall–Kier alpha value is -2.28. The summed E-state index contributed by atoms with van der Waals surface area (Å²) >= 11 is 1.56. The average Bonchev–Trinajstić information content (AvgIpc) is 3.00. The lowest BCUT2D eigenvalue weighted by Gasteiger charge is -2.14. The van der Waals surface area contributed by atoms with E-state index in [9.17, 15) is 9.59 Å². The summed E-state index contributed by atoms with van der Waals surface area (Å²) < 4.78 is 1.96. The van der Waals surface area contributed by atoms with E-state index >= 15 is 0 Å². The van der Waals surface area contributed by atoms with Crippen molar-refractivity contribution in [3.8, 4) is 0 Å². The lowest BCUT2D eigenvalue weighted by molar-refractivity contribution is -0.119. The van der Waals surface area contributed by atoms with Gasteiger partial charge >= 0.3 is 0 Å². The monoisotopic (exact) mass is 374 g/mol. The van der Waals surface area contributed by atoms with Crippen LogP contribution < -0.4 is 10.6 Å². The Kier molecular flexibility index (Phi) is 6.85. The number of amides is 2. The van der Waals surface area contributed by atoms with Gasteiger partial charge in [-0.25, -0.2) is 4.98 Å². The zero-order valence-electron chi connectivity index (χ0n) is 15.9. The fourth-order valence-corrected chi connectivity index (χ4v) is 2.94. The Morgan fingerprint density at radius 3 is 2.69 bits per heavy atom. The van der Waals surface area contributed by atoms with Gasteiger partial charge in [0.1, 0.15) is 0 Å². The Labute approximate surface area is 158 Å². The molecule has 0 aliphatic heterocycles. The van der Waals surface area contributed by atoms with Gasteiger partial charge in [0.2, 0.25) is 5.91 Å². The zero-order valence-corrected chi connectivity index (χ0v) is 16.7. The number of rotatable bonds is 7. The van der Waals surface area contributed by atoms with Crippen molar-refractivity contribution >= 4 is 29.3 Å². The van der Waals surface area contributed by atoms with Crippen LogP contribution in [0.25, 0.3) is 0 Å². The smallest absolute Gasteiger partial charge is 0.251 e. The van der Waals surface area contributed by atoms with Gasteiger partial charge in [0.25, 0.3) is 5.91 Å². The first-order valence-corrected chi connectivity index (χ1v) is 9.84. The van der Waals surface area contributed by atoms with Crippen molar-refractivity contribution < 1.29 is 9.59 Å². The number of imidazole rings is 1. The van der Waals surface area contributed by atoms with E-state index in [2.05, 4.69) is 15.6 Å². The van der Waals surface area contributed by atoms with Crippen molar-refractivity contribution in [3.63, 3.8) is 0 Å². The standard InChI is InChI=1S/C19H26N4O2S/c1-6-12(2)17(24)22-16-9-14(8-7-13(16)3)18(25)20-10-15-11-21-19(26-5)23(15)4/h7-9,11-12H,6,10H2,1-5H3,(H,20,25)(H,22,24). The number of aryl methyl sites for hydroxylation is 1. The van der Waals surface area contributed by atoms with Gasteiger partial charge in [0.15, 0.2) is 5.16 Å². The molecule has 1 atom stereocenters. The Morgan fingerprint density at radius 1 is 1.35 bits per heavy atom. The molecule has 26 heavy (non-hydrogen) atoms. The molecule has 0 bridgehead atoms. The van der Waals surface area contributed by atoms with Crippen LogP contribution in [-0.2, 0) is 18.4 Å². The van der Waals surface area contributed by atoms with E-state index in [1.165, 1.54) is 0 Å². The van der Waals surface area contributed by atoms with Crippen molar-refractivity contribution in [1.29, 1.82) is 0 Å². The fraction of sp³-hybridized carbons (Fsp3) is 0.421. The third kappa shape index (κ3) is 4.66. The second-order valence-electron chi connectivity index (χ2n) is 6.31. The predicted molar refractivity (Wildman–Crippen MR) is 105 cm³/mol. The van der Waals surface area contributed by atoms with E-state index in [4.69, 9.17) is 0 Å². The molecule has 1 unspecified atom stereocenters. The van der Waals surface area contributed by atoms with Gasteiger partial charge in [-0.3, -0.25) is 9.59 Å². The van der Waals surface area contributed by atoms with Gasteiger partial charge in [0.05, 0.1) is 18.4 Å². The third-order valence-electron chi connectivity index (χ3n) is 4.47. The van der Waals surface area contributed by atoms with Gasteiger partial charge in [-0.2, -0.15) is 0 Å². The van der Waals surface area contributed by atoms with Gasteiger partial charge in [0, 0.05) is 24.2 Å². The van der Waals surface area contributed by atoms with E-state index in [1.807, 2.05) is 44.7 Å². The molecule has 2 aromatic rings. The van der Waals surface area contributed by atoms with Crippen LogP contribution in [0.1, 0.15) is 41.9 Å². The van der Waals surface area contributed by atoms with E-state index in [-0.39, 0.29) is 17.7 Å². The van der Waals surface area contributed by atoms with E-state index in [0.717, 1.165) is 22.8 Å². The first kappa shape index (κ1) is 20.0. The molecule has 0 saturated heterocycles. The normalized spacial score (nSPS) is 11.9. The van der Waals surface area contributed by atoms with Crippen molar-refractivity contribution in [3.05, 3.63) is 41.2 Å². The Balaban J connectivity index is 2.08. The molecular formula is C19H26N4O2S. The van der Waals surface area contributed by atoms with Crippen molar-refractivity contribution in [2.24, 2.45) is 13.0 Å². The minimum atomic E-state index is -0.184. The van der Waals surface area contributed by atoms with Gasteiger partial charge in [-0.1, -0.05) is 31.7 Å². The summed E-state index contributed by atoms with van der Waals surface area (Å²) in [6.07, 6.45) is 4.50. The molecule has 1 aromatic heterocycles. The summed E-state index contributed by atoms with van der Waals surface area (Å²) in [6.45, 7) is 6.17. The molecule has 0 fully saturated rings. The summed E-state index contributed by atoms with van der Waals surface area (Å²) in [6, 6.07) is 5.33. The maximum atomic E-state index is 12.5. The molecule has 2 rings (SSSR count). The SMILES string of the molecule is CCC(C)C(=O)Nc1cc(C(=O)NCc2cnc(SC)n2C)ccc1C. The van der Waals surface area contributed by atoms with Crippen LogP contribution in [0.2, 0.25) is 0 Å². The fourth-order valence-electron chi connectivity index (χ4n) is 2.39. The van der Waals surface area contributed by atoms with E-state index in [1.54, 1.807) is 30.1 Å². The van der Waals surface area contributed by atoms with Gasteiger partial charge < -0.3 is 15.2 Å². The second kappa shape index (κ2) is 8.89. The van der Waals surface area contributed by atoms with Gasteiger partial charge in [-0.05, 0) is 37.3 Å². The average molecular weight is 375 g/mol. The van der Waals surface area contributed by atoms with E-state index < -0.39 is 0 Å². The molecule has 1 heterocycles. The molecule has 0 aliphatic carbocycles. The summed E-state index contributed by atoms with van der Waals surface area (Å²) in [5.74, 6) is -0.286. The lowest BCUT2D eigenvalue weighted by Crippen LogP contribution is -2.25. The first-order valence-electron chi connectivity index (χ1n) is 8.61. The number of aromatic nitrogens is 2. The number of carbonyl (C=O) groups excluding carboxylic acids is 2. The van der Waals surface area contributed by atoms with Gasteiger partial charge in [-0.15, -0.1) is 0 Å². The van der Waals surface area contributed by atoms with Crippen molar-refractivity contribution in [1.82, 2.24) is 14.9 Å². The van der Waals surface area contributed by atoms with Crippen LogP contribution >= 0.6 is 11.8 Å². The quantitative estimate of drug-likeness (QED) is 0.729. The first-order chi connectivity index (χ1) is 12.4. The molecule has 0 radical (unpaired) electrons. The zero-order chi connectivity index (χ0) is 19.3. The number of nitrogens with zero attached hydrogens (tertiary/aromatic N) is 2. The second-order valence-corrected chi connectivity index (χ2v) is 7.08. The highest BCUT2D eigenvalue weighted by Crippen LogP contribution is 2.19. The number of anilines is 1. The number of hydrogen-bond acceptors (Lipinski definition) is 4. The molecule has 0 saturated carbocycles. The number of benzene rings is 1. The minimum absolute atomic E-state index is 0.0346. The molecule has 6 nitrogen and oxygen atoms in total. The molecule has 7 heteroatoms. The van der Waals surface area contributed by atoms with Crippen LogP contribution in [0.3, 0.4) is 0 Å². The van der Waals surface area contributed by atoms with Crippen LogP contribution in [0.15, 0.2) is 29.6 Å². The van der Waals surface area contributed by atoms with Crippen LogP contribution in [0.4, 0.5) is 5.69 Å². The van der Waals surface area contributed by atoms with Crippen molar-refractivity contribution in [2.45, 2.75) is 38.9 Å². The van der Waals surface area contributed by atoms with Crippen LogP contribution in [-0.4, -0.2) is 27.6 Å². The minimum Gasteiger partial charge on any atom is -0.346 e.